The summed E-state index contributed by atoms with van der Waals surface area (Å²) in [4.78, 5) is 0. The van der Waals surface area contributed by atoms with E-state index in [1.54, 1.807) is 0 Å². The molecule has 0 saturated heterocycles. The highest BCUT2D eigenvalue weighted by Crippen LogP contribution is 2.38. The monoisotopic (exact) mass is 207 g/mol. The Hall–Kier alpha value is -1.05. The van der Waals surface area contributed by atoms with Crippen molar-refractivity contribution in [2.24, 2.45) is 11.1 Å². The maximum atomic E-state index is 8.60. The van der Waals surface area contributed by atoms with E-state index in [1.165, 1.54) is 29.6 Å². The molecule has 1 aliphatic carbocycles. The molecule has 0 heterocycles. The first-order chi connectivity index (χ1) is 7.06. The number of oxime groups is 1. The lowest BCUT2D eigenvalue weighted by atomic mass is 9.90. The van der Waals surface area contributed by atoms with Gasteiger partial charge in [-0.15, -0.1) is 0 Å². The lowest BCUT2D eigenvalue weighted by Gasteiger charge is -2.15. The van der Waals surface area contributed by atoms with Crippen molar-refractivity contribution in [2.45, 2.75) is 46.5 Å². The average molecular weight is 207 g/mol. The number of allylic oxidation sites excluding steroid dienone is 3. The van der Waals surface area contributed by atoms with Crippen molar-refractivity contribution in [3.63, 3.8) is 0 Å². The van der Waals surface area contributed by atoms with Gasteiger partial charge in [-0.3, -0.25) is 0 Å². The Kier molecular flexibility index (Phi) is 4.13. The van der Waals surface area contributed by atoms with E-state index in [-0.39, 0.29) is 0 Å². The zero-order valence-electron chi connectivity index (χ0n) is 10.0. The Labute approximate surface area is 92.4 Å². The third-order valence-corrected chi connectivity index (χ3v) is 3.30. The molecule has 1 rings (SSSR count). The second kappa shape index (κ2) is 5.15. The predicted molar refractivity (Wildman–Crippen MR) is 64.4 cm³/mol. The maximum Gasteiger partial charge on any atom is 0.0543 e. The first-order valence-corrected chi connectivity index (χ1v) is 5.57. The highest BCUT2D eigenvalue weighted by molar-refractivity contribution is 5.81. The van der Waals surface area contributed by atoms with Gasteiger partial charge in [-0.2, -0.15) is 0 Å². The molecule has 0 aromatic rings. The summed E-state index contributed by atoms with van der Waals surface area (Å²) < 4.78 is 0. The van der Waals surface area contributed by atoms with Crippen LogP contribution < -0.4 is 0 Å². The van der Waals surface area contributed by atoms with Gasteiger partial charge in [-0.25, -0.2) is 0 Å². The van der Waals surface area contributed by atoms with Crippen molar-refractivity contribution in [1.29, 1.82) is 0 Å². The van der Waals surface area contributed by atoms with E-state index < -0.39 is 0 Å². The lowest BCUT2D eigenvalue weighted by Crippen LogP contribution is -2.03. The summed E-state index contributed by atoms with van der Waals surface area (Å²) in [6.45, 7) is 10.2. The topological polar surface area (TPSA) is 32.6 Å². The number of hydrogen-bond acceptors (Lipinski definition) is 2. The minimum Gasteiger partial charge on any atom is -0.411 e. The van der Waals surface area contributed by atoms with E-state index in [0.29, 0.717) is 5.92 Å². The van der Waals surface area contributed by atoms with Crippen LogP contribution in [0, 0.1) is 5.92 Å². The van der Waals surface area contributed by atoms with Crippen LogP contribution in [0.5, 0.6) is 0 Å². The summed E-state index contributed by atoms with van der Waals surface area (Å²) in [6, 6.07) is 0. The fourth-order valence-electron chi connectivity index (χ4n) is 2.29. The molecule has 1 unspecified atom stereocenters. The zero-order chi connectivity index (χ0) is 11.4. The molecule has 1 atom stereocenters. The fraction of sp³-hybridized carbons (Fsp3) is 0.615. The van der Waals surface area contributed by atoms with Gasteiger partial charge in [0.15, 0.2) is 0 Å². The normalized spacial score (nSPS) is 22.3. The molecule has 0 amide bonds. The van der Waals surface area contributed by atoms with Crippen molar-refractivity contribution in [3.8, 4) is 0 Å². The second-order valence-corrected chi connectivity index (χ2v) is 4.58. The van der Waals surface area contributed by atoms with Crippen LogP contribution >= 0.6 is 0 Å². The highest BCUT2D eigenvalue weighted by Gasteiger charge is 2.23. The molecule has 0 bridgehead atoms. The molecule has 0 aromatic carbocycles. The van der Waals surface area contributed by atoms with Crippen LogP contribution in [0.1, 0.15) is 46.5 Å². The van der Waals surface area contributed by atoms with E-state index in [1.807, 2.05) is 6.92 Å². The molecule has 0 saturated carbocycles. The molecule has 15 heavy (non-hydrogen) atoms. The number of rotatable bonds is 4. The van der Waals surface area contributed by atoms with Gasteiger partial charge < -0.3 is 5.21 Å². The highest BCUT2D eigenvalue weighted by atomic mass is 16.4. The van der Waals surface area contributed by atoms with Gasteiger partial charge in [0.25, 0.3) is 0 Å². The minimum absolute atomic E-state index is 0.566. The average Bonchev–Trinajstić information content (AvgIpc) is 2.56. The molecule has 2 heteroatoms. The minimum atomic E-state index is 0.566. The molecule has 0 radical (unpaired) electrons. The SMILES string of the molecule is C=C(C)C1CCC(C)=C1CC/C(C)=N\O. The largest absolute Gasteiger partial charge is 0.411 e. The predicted octanol–water partition coefficient (Wildman–Crippen LogP) is 3.92. The molecule has 1 N–H and O–H groups in total. The molecule has 1 aliphatic rings. The van der Waals surface area contributed by atoms with Crippen LogP contribution in [0.3, 0.4) is 0 Å². The Morgan fingerprint density at radius 3 is 2.73 bits per heavy atom. The van der Waals surface area contributed by atoms with Gasteiger partial charge in [0.1, 0.15) is 0 Å². The van der Waals surface area contributed by atoms with Crippen LogP contribution in [0.25, 0.3) is 0 Å². The number of hydrogen-bond donors (Lipinski definition) is 1. The summed E-state index contributed by atoms with van der Waals surface area (Å²) in [5.74, 6) is 0.566. The van der Waals surface area contributed by atoms with Gasteiger partial charge in [-0.1, -0.05) is 28.5 Å². The summed E-state index contributed by atoms with van der Waals surface area (Å²) >= 11 is 0. The van der Waals surface area contributed by atoms with Crippen LogP contribution in [-0.2, 0) is 0 Å². The first-order valence-electron chi connectivity index (χ1n) is 5.57. The van der Waals surface area contributed by atoms with Gasteiger partial charge >= 0.3 is 0 Å². The Bertz CT molecular complexity index is 312. The molecular formula is C13H21NO. The first kappa shape index (κ1) is 12.0. The van der Waals surface area contributed by atoms with Crippen molar-refractivity contribution < 1.29 is 5.21 Å². The van der Waals surface area contributed by atoms with E-state index in [9.17, 15) is 0 Å². The molecular weight excluding hydrogens is 186 g/mol. The lowest BCUT2D eigenvalue weighted by molar-refractivity contribution is 0.317. The maximum absolute atomic E-state index is 8.60. The Balaban J connectivity index is 2.65. The van der Waals surface area contributed by atoms with Crippen LogP contribution in [0.4, 0.5) is 0 Å². The standard InChI is InChI=1S/C13H21NO/c1-9(2)12-7-5-10(3)13(12)8-6-11(4)14-15/h12,15H,1,5-8H2,2-4H3/b14-11-. The van der Waals surface area contributed by atoms with Gasteiger partial charge in [0, 0.05) is 5.92 Å². The third kappa shape index (κ3) is 2.95. The molecule has 84 valence electrons. The van der Waals surface area contributed by atoms with E-state index in [0.717, 1.165) is 18.6 Å². The summed E-state index contributed by atoms with van der Waals surface area (Å²) in [5, 5.41) is 11.8. The van der Waals surface area contributed by atoms with Crippen LogP contribution in [-0.4, -0.2) is 10.9 Å². The molecule has 2 nitrogen and oxygen atoms in total. The van der Waals surface area contributed by atoms with Crippen LogP contribution in [0.15, 0.2) is 28.5 Å². The fourth-order valence-corrected chi connectivity index (χ4v) is 2.29. The van der Waals surface area contributed by atoms with Gasteiger partial charge in [0.05, 0.1) is 5.71 Å². The molecule has 0 aromatic heterocycles. The molecule has 0 fully saturated rings. The van der Waals surface area contributed by atoms with Gasteiger partial charge in [-0.05, 0) is 46.5 Å². The number of nitrogens with zero attached hydrogens (tertiary/aromatic N) is 1. The van der Waals surface area contributed by atoms with Crippen molar-refractivity contribution in [1.82, 2.24) is 0 Å². The molecule has 0 spiro atoms. The van der Waals surface area contributed by atoms with E-state index in [2.05, 4.69) is 25.6 Å². The smallest absolute Gasteiger partial charge is 0.0543 e. The summed E-state index contributed by atoms with van der Waals surface area (Å²) in [7, 11) is 0. The summed E-state index contributed by atoms with van der Waals surface area (Å²) in [5.41, 5.74) is 5.10. The Morgan fingerprint density at radius 2 is 2.20 bits per heavy atom. The molecule has 0 aliphatic heterocycles. The van der Waals surface area contributed by atoms with Crippen LogP contribution in [0.2, 0.25) is 0 Å². The quantitative estimate of drug-likeness (QED) is 0.322. The zero-order valence-corrected chi connectivity index (χ0v) is 10.0. The van der Waals surface area contributed by atoms with E-state index in [4.69, 9.17) is 5.21 Å². The van der Waals surface area contributed by atoms with Crippen molar-refractivity contribution in [2.75, 3.05) is 0 Å². The van der Waals surface area contributed by atoms with E-state index >= 15 is 0 Å². The third-order valence-electron chi connectivity index (χ3n) is 3.30. The summed E-state index contributed by atoms with van der Waals surface area (Å²) in [6.07, 6.45) is 4.28. The second-order valence-electron chi connectivity index (χ2n) is 4.58. The van der Waals surface area contributed by atoms with Gasteiger partial charge in [0.2, 0.25) is 0 Å². The van der Waals surface area contributed by atoms with Crippen molar-refractivity contribution in [3.05, 3.63) is 23.3 Å². The van der Waals surface area contributed by atoms with Crippen molar-refractivity contribution >= 4 is 5.71 Å². The Morgan fingerprint density at radius 1 is 1.53 bits per heavy atom.